The van der Waals surface area contributed by atoms with Gasteiger partial charge in [0.15, 0.2) is 0 Å². The second-order valence-electron chi connectivity index (χ2n) is 6.95. The van der Waals surface area contributed by atoms with E-state index < -0.39 is 0 Å². The molecule has 29 heavy (non-hydrogen) atoms. The fourth-order valence-corrected chi connectivity index (χ4v) is 3.10. The quantitative estimate of drug-likeness (QED) is 0.586. The van der Waals surface area contributed by atoms with E-state index in [9.17, 15) is 14.0 Å². The number of urea groups is 1. The number of nitrogens with one attached hydrogen (secondary N) is 1. The average molecular weight is 399 g/mol. The predicted octanol–water partition coefficient (Wildman–Crippen LogP) is 4.14. The summed E-state index contributed by atoms with van der Waals surface area (Å²) in [5.41, 5.74) is 2.04. The number of rotatable bonds is 6. The fourth-order valence-electron chi connectivity index (χ4n) is 3.10. The number of hydrogen-bond donors (Lipinski definition) is 1. The molecule has 1 aliphatic heterocycles. The maximum Gasteiger partial charge on any atom is 0.338 e. The minimum Gasteiger partial charge on any atom is -0.462 e. The summed E-state index contributed by atoms with van der Waals surface area (Å²) in [6.45, 7) is 4.96. The zero-order chi connectivity index (χ0) is 20.6. The van der Waals surface area contributed by atoms with E-state index in [0.29, 0.717) is 44.0 Å². The molecule has 0 aliphatic carbocycles. The maximum atomic E-state index is 13.1. The van der Waals surface area contributed by atoms with Crippen LogP contribution in [0.3, 0.4) is 0 Å². The molecule has 0 aromatic heterocycles. The van der Waals surface area contributed by atoms with Crippen LogP contribution in [0.1, 0.15) is 30.1 Å². The molecule has 1 saturated heterocycles. The number of nitrogens with zero attached hydrogens (tertiary/aromatic N) is 2. The second kappa shape index (κ2) is 9.91. The van der Waals surface area contributed by atoms with E-state index in [1.54, 1.807) is 41.3 Å². The van der Waals surface area contributed by atoms with Crippen molar-refractivity contribution in [2.24, 2.45) is 0 Å². The van der Waals surface area contributed by atoms with E-state index in [1.165, 1.54) is 12.1 Å². The molecular formula is C22H26FN3O3. The standard InChI is InChI=1S/C22H26FN3O3/c1-2-3-16-29-21(27)17-4-8-19(9-5-17)24-22(28)26-14-12-25(13-15-26)20-10-6-18(23)7-11-20/h4-11H,2-3,12-16H2,1H3,(H,24,28). The minimum atomic E-state index is -0.353. The third-order valence-electron chi connectivity index (χ3n) is 4.86. The molecule has 0 atom stereocenters. The second-order valence-corrected chi connectivity index (χ2v) is 6.95. The highest BCUT2D eigenvalue weighted by Crippen LogP contribution is 2.18. The smallest absolute Gasteiger partial charge is 0.338 e. The van der Waals surface area contributed by atoms with Crippen molar-refractivity contribution in [2.75, 3.05) is 43.0 Å². The molecular weight excluding hydrogens is 373 g/mol. The zero-order valence-corrected chi connectivity index (χ0v) is 16.6. The Morgan fingerprint density at radius 2 is 1.66 bits per heavy atom. The van der Waals surface area contributed by atoms with Gasteiger partial charge in [-0.1, -0.05) is 13.3 Å². The number of halogens is 1. The first-order valence-corrected chi connectivity index (χ1v) is 9.90. The van der Waals surface area contributed by atoms with Crippen LogP contribution in [0.25, 0.3) is 0 Å². The van der Waals surface area contributed by atoms with Gasteiger partial charge in [0.05, 0.1) is 12.2 Å². The van der Waals surface area contributed by atoms with Gasteiger partial charge >= 0.3 is 12.0 Å². The molecule has 2 aromatic rings. The highest BCUT2D eigenvalue weighted by molar-refractivity contribution is 5.92. The number of benzene rings is 2. The van der Waals surface area contributed by atoms with E-state index in [-0.39, 0.29) is 17.8 Å². The van der Waals surface area contributed by atoms with Gasteiger partial charge in [-0.05, 0) is 55.0 Å². The molecule has 1 heterocycles. The summed E-state index contributed by atoms with van der Waals surface area (Å²) in [7, 11) is 0. The van der Waals surface area contributed by atoms with Crippen molar-refractivity contribution in [1.82, 2.24) is 4.90 Å². The molecule has 0 bridgehead atoms. The van der Waals surface area contributed by atoms with Gasteiger partial charge in [0.1, 0.15) is 5.82 Å². The van der Waals surface area contributed by atoms with Crippen molar-refractivity contribution < 1.29 is 18.7 Å². The molecule has 0 spiro atoms. The third kappa shape index (κ3) is 5.70. The number of hydrogen-bond acceptors (Lipinski definition) is 4. The van der Waals surface area contributed by atoms with E-state index in [2.05, 4.69) is 10.2 Å². The number of unbranched alkanes of at least 4 members (excludes halogenated alkanes) is 1. The van der Waals surface area contributed by atoms with Crippen LogP contribution in [0.4, 0.5) is 20.6 Å². The lowest BCUT2D eigenvalue weighted by molar-refractivity contribution is 0.0500. The van der Waals surface area contributed by atoms with Crippen LogP contribution in [-0.4, -0.2) is 49.7 Å². The van der Waals surface area contributed by atoms with Crippen LogP contribution in [0.5, 0.6) is 0 Å². The lowest BCUT2D eigenvalue weighted by atomic mass is 10.2. The summed E-state index contributed by atoms with van der Waals surface area (Å²) in [5, 5.41) is 2.86. The molecule has 3 rings (SSSR count). The Morgan fingerprint density at radius 3 is 2.28 bits per heavy atom. The summed E-state index contributed by atoms with van der Waals surface area (Å²) >= 11 is 0. The molecule has 0 unspecified atom stereocenters. The number of carbonyl (C=O) groups is 2. The summed E-state index contributed by atoms with van der Waals surface area (Å²) in [6.07, 6.45) is 1.81. The van der Waals surface area contributed by atoms with Crippen LogP contribution in [0, 0.1) is 5.82 Å². The van der Waals surface area contributed by atoms with Crippen LogP contribution in [-0.2, 0) is 4.74 Å². The monoisotopic (exact) mass is 399 g/mol. The van der Waals surface area contributed by atoms with Crippen LogP contribution >= 0.6 is 0 Å². The van der Waals surface area contributed by atoms with Crippen molar-refractivity contribution in [2.45, 2.75) is 19.8 Å². The molecule has 2 aromatic carbocycles. The summed E-state index contributed by atoms with van der Waals surface area (Å²) in [5.74, 6) is -0.611. The molecule has 0 saturated carbocycles. The normalized spacial score (nSPS) is 13.9. The Bertz CT molecular complexity index is 816. The molecule has 0 radical (unpaired) electrons. The van der Waals surface area contributed by atoms with Crippen molar-refractivity contribution in [3.63, 3.8) is 0 Å². The van der Waals surface area contributed by atoms with Gasteiger partial charge < -0.3 is 19.9 Å². The van der Waals surface area contributed by atoms with Gasteiger partial charge in [-0.3, -0.25) is 0 Å². The topological polar surface area (TPSA) is 61.9 Å². The van der Waals surface area contributed by atoms with Crippen molar-refractivity contribution >= 4 is 23.4 Å². The predicted molar refractivity (Wildman–Crippen MR) is 111 cm³/mol. The highest BCUT2D eigenvalue weighted by atomic mass is 19.1. The van der Waals surface area contributed by atoms with E-state index in [4.69, 9.17) is 4.74 Å². The van der Waals surface area contributed by atoms with Gasteiger partial charge in [0, 0.05) is 37.6 Å². The summed E-state index contributed by atoms with van der Waals surface area (Å²) in [4.78, 5) is 28.3. The molecule has 1 aliphatic rings. The molecule has 1 N–H and O–H groups in total. The third-order valence-corrected chi connectivity index (χ3v) is 4.86. The van der Waals surface area contributed by atoms with Crippen LogP contribution < -0.4 is 10.2 Å². The Balaban J connectivity index is 1.48. The molecule has 7 heteroatoms. The molecule has 154 valence electrons. The number of esters is 1. The zero-order valence-electron chi connectivity index (χ0n) is 16.6. The fraction of sp³-hybridized carbons (Fsp3) is 0.364. The van der Waals surface area contributed by atoms with E-state index >= 15 is 0 Å². The first-order valence-electron chi connectivity index (χ1n) is 9.90. The Kier molecular flexibility index (Phi) is 7.05. The molecule has 1 fully saturated rings. The van der Waals surface area contributed by atoms with Crippen molar-refractivity contribution in [3.8, 4) is 0 Å². The van der Waals surface area contributed by atoms with Gasteiger partial charge in [0.25, 0.3) is 0 Å². The minimum absolute atomic E-state index is 0.179. The van der Waals surface area contributed by atoms with Gasteiger partial charge in [0.2, 0.25) is 0 Å². The summed E-state index contributed by atoms with van der Waals surface area (Å²) < 4.78 is 18.2. The molecule has 2 amide bonds. The Hall–Kier alpha value is -3.09. The number of ether oxygens (including phenoxy) is 1. The number of anilines is 2. The lowest BCUT2D eigenvalue weighted by Crippen LogP contribution is -2.50. The first-order chi connectivity index (χ1) is 14.1. The van der Waals surface area contributed by atoms with Gasteiger partial charge in [-0.2, -0.15) is 0 Å². The van der Waals surface area contributed by atoms with Gasteiger partial charge in [-0.15, -0.1) is 0 Å². The van der Waals surface area contributed by atoms with Crippen LogP contribution in [0.2, 0.25) is 0 Å². The van der Waals surface area contributed by atoms with Crippen LogP contribution in [0.15, 0.2) is 48.5 Å². The maximum absolute atomic E-state index is 13.1. The Labute approximate surface area is 170 Å². The first kappa shape index (κ1) is 20.6. The average Bonchev–Trinajstić information content (AvgIpc) is 2.75. The Morgan fingerprint density at radius 1 is 1.00 bits per heavy atom. The van der Waals surface area contributed by atoms with E-state index in [1.807, 2.05) is 6.92 Å². The lowest BCUT2D eigenvalue weighted by Gasteiger charge is -2.36. The summed E-state index contributed by atoms with van der Waals surface area (Å²) in [6, 6.07) is 12.9. The van der Waals surface area contributed by atoms with Gasteiger partial charge in [-0.25, -0.2) is 14.0 Å². The van der Waals surface area contributed by atoms with Crippen molar-refractivity contribution in [1.29, 1.82) is 0 Å². The highest BCUT2D eigenvalue weighted by Gasteiger charge is 2.21. The largest absolute Gasteiger partial charge is 0.462 e. The number of carbonyl (C=O) groups excluding carboxylic acids is 2. The SMILES string of the molecule is CCCCOC(=O)c1ccc(NC(=O)N2CCN(c3ccc(F)cc3)CC2)cc1. The molecule has 6 nitrogen and oxygen atoms in total. The number of piperazine rings is 1. The van der Waals surface area contributed by atoms with E-state index in [0.717, 1.165) is 18.5 Å². The van der Waals surface area contributed by atoms with Crippen molar-refractivity contribution in [3.05, 3.63) is 59.9 Å². The number of amides is 2.